The van der Waals surface area contributed by atoms with Crippen LogP contribution in [0.4, 0.5) is 13.2 Å². The standard InChI is InChI=1S/C56H86F3NO15/c1-34-15-11-10-12-16-35(2)46(73-26-25-71-23-24-72-33-55(57,58)59)31-42-20-18-40(7)56(68,75-42)52(65)53(66)60-22-14-13-17-43(60)54(67)74-47(37(4)29-41-19-21-44(61)48(30-41)69-8)32-45(62)36(3)28-39(6)50(64)51(70-9)49(63)38(5)27-34/h10-12,15-16,28,34,36-38,40-44,46-48,50-51,61,64,68H,13-14,17-27,29-33H2,1-9H3/b12-10+,15-11-,35-16+,39-28+/t34-,36-,37-,38-,40-,41+,42+,43+,44-,46-,47+,48-,50-,51+,56-/m1/s1. The zero-order valence-corrected chi connectivity index (χ0v) is 45.6. The maximum atomic E-state index is 14.5. The number of piperidine rings is 1. The number of ketones is 3. The van der Waals surface area contributed by atoms with Crippen LogP contribution in [0.2, 0.25) is 0 Å². The van der Waals surface area contributed by atoms with E-state index in [0.717, 1.165) is 10.5 Å². The summed E-state index contributed by atoms with van der Waals surface area (Å²) in [4.78, 5) is 72.4. The Bertz CT molecular complexity index is 1990. The van der Waals surface area contributed by atoms with Gasteiger partial charge in [-0.25, -0.2) is 4.79 Å². The number of nitrogens with zero attached hydrogens (tertiary/aromatic N) is 1. The van der Waals surface area contributed by atoms with Crippen LogP contribution in [0.15, 0.2) is 47.6 Å². The van der Waals surface area contributed by atoms with Crippen LogP contribution in [-0.4, -0.2) is 164 Å². The van der Waals surface area contributed by atoms with Gasteiger partial charge in [0.05, 0.1) is 50.8 Å². The molecule has 75 heavy (non-hydrogen) atoms. The average molecular weight is 1070 g/mol. The van der Waals surface area contributed by atoms with Crippen LogP contribution >= 0.6 is 0 Å². The second kappa shape index (κ2) is 30.5. The van der Waals surface area contributed by atoms with Crippen molar-refractivity contribution in [2.24, 2.45) is 35.5 Å². The molecule has 1 saturated carbocycles. The van der Waals surface area contributed by atoms with Gasteiger partial charge >= 0.3 is 12.1 Å². The molecular formula is C56H86F3NO15. The smallest absolute Gasteiger partial charge is 0.411 e. The Balaban J connectivity index is 1.68. The summed E-state index contributed by atoms with van der Waals surface area (Å²) in [7, 11) is 2.89. The number of carbonyl (C=O) groups is 5. The zero-order chi connectivity index (χ0) is 55.6. The lowest BCUT2D eigenvalue weighted by molar-refractivity contribution is -0.266. The molecule has 4 rings (SSSR count). The number of fused-ring (bicyclic) bond motifs is 3. The Morgan fingerprint density at radius 2 is 1.55 bits per heavy atom. The highest BCUT2D eigenvalue weighted by atomic mass is 19.4. The molecule has 2 bridgehead atoms. The van der Waals surface area contributed by atoms with E-state index >= 15 is 0 Å². The number of aliphatic hydroxyl groups excluding tert-OH is 2. The minimum Gasteiger partial charge on any atom is -0.460 e. The van der Waals surface area contributed by atoms with Gasteiger partial charge in [0.15, 0.2) is 5.78 Å². The number of hydrogen-bond acceptors (Lipinski definition) is 15. The highest BCUT2D eigenvalue weighted by Gasteiger charge is 2.53. The average Bonchev–Trinajstić information content (AvgIpc) is 3.36. The maximum absolute atomic E-state index is 14.5. The van der Waals surface area contributed by atoms with E-state index in [2.05, 4.69) is 4.74 Å². The molecule has 1 aliphatic carbocycles. The number of alkyl halides is 3. The number of methoxy groups -OCH3 is 2. The van der Waals surface area contributed by atoms with Crippen molar-refractivity contribution in [2.45, 2.75) is 186 Å². The first-order valence-corrected chi connectivity index (χ1v) is 26.9. The molecule has 3 heterocycles. The fourth-order valence-corrected chi connectivity index (χ4v) is 10.7. The third kappa shape index (κ3) is 19.3. The molecule has 3 fully saturated rings. The maximum Gasteiger partial charge on any atom is 0.411 e. The predicted molar refractivity (Wildman–Crippen MR) is 272 cm³/mol. The van der Waals surface area contributed by atoms with Crippen molar-refractivity contribution < 1.29 is 85.6 Å². The van der Waals surface area contributed by atoms with Crippen molar-refractivity contribution in [1.29, 1.82) is 0 Å². The van der Waals surface area contributed by atoms with Gasteiger partial charge in [0.1, 0.15) is 36.7 Å². The topological polar surface area (TPSA) is 214 Å². The van der Waals surface area contributed by atoms with Crippen LogP contribution in [0.25, 0.3) is 0 Å². The molecule has 3 N–H and O–H groups in total. The molecule has 0 unspecified atom stereocenters. The first-order valence-electron chi connectivity index (χ1n) is 26.9. The monoisotopic (exact) mass is 1070 g/mol. The number of carbonyl (C=O) groups excluding carboxylic acids is 5. The number of halogens is 3. The summed E-state index contributed by atoms with van der Waals surface area (Å²) >= 11 is 0. The van der Waals surface area contributed by atoms with E-state index in [-0.39, 0.29) is 87.7 Å². The quantitative estimate of drug-likeness (QED) is 0.0723. The van der Waals surface area contributed by atoms with Crippen molar-refractivity contribution in [3.8, 4) is 0 Å². The number of Topliss-reactive ketones (excluding diaryl/α,β-unsaturated/α-hetero) is 3. The molecule has 4 aliphatic rings. The van der Waals surface area contributed by atoms with Crippen molar-refractivity contribution in [2.75, 3.05) is 53.8 Å². The zero-order valence-electron chi connectivity index (χ0n) is 45.6. The molecule has 0 aromatic carbocycles. The van der Waals surface area contributed by atoms with Crippen LogP contribution in [0, 0.1) is 35.5 Å². The van der Waals surface area contributed by atoms with Crippen LogP contribution in [0.1, 0.15) is 126 Å². The fraction of sp³-hybridized carbons (Fsp3) is 0.768. The van der Waals surface area contributed by atoms with E-state index in [1.54, 1.807) is 53.0 Å². The van der Waals surface area contributed by atoms with E-state index in [0.29, 0.717) is 63.4 Å². The Morgan fingerprint density at radius 1 is 0.840 bits per heavy atom. The summed E-state index contributed by atoms with van der Waals surface area (Å²) in [5, 5.41) is 34.1. The lowest BCUT2D eigenvalue weighted by Gasteiger charge is -2.43. The largest absolute Gasteiger partial charge is 0.460 e. The van der Waals surface area contributed by atoms with Gasteiger partial charge < -0.3 is 53.4 Å². The van der Waals surface area contributed by atoms with Gasteiger partial charge in [0, 0.05) is 51.4 Å². The van der Waals surface area contributed by atoms with Crippen molar-refractivity contribution in [3.63, 3.8) is 0 Å². The van der Waals surface area contributed by atoms with Crippen LogP contribution in [0.5, 0.6) is 0 Å². The third-order valence-corrected chi connectivity index (χ3v) is 15.4. The summed E-state index contributed by atoms with van der Waals surface area (Å²) in [5.41, 5.74) is 1.07. The minimum absolute atomic E-state index is 0.0191. The molecule has 0 aromatic heterocycles. The summed E-state index contributed by atoms with van der Waals surface area (Å²) < 4.78 is 77.4. The molecule has 16 nitrogen and oxygen atoms in total. The van der Waals surface area contributed by atoms with Gasteiger partial charge in [0.2, 0.25) is 5.79 Å². The molecule has 0 spiro atoms. The predicted octanol–water partition coefficient (Wildman–Crippen LogP) is 7.15. The van der Waals surface area contributed by atoms with Crippen molar-refractivity contribution in [3.05, 3.63) is 47.6 Å². The fourth-order valence-electron chi connectivity index (χ4n) is 10.7. The van der Waals surface area contributed by atoms with Gasteiger partial charge in [-0.15, -0.1) is 0 Å². The normalized spacial score (nSPS) is 36.9. The Labute approximate surface area is 441 Å². The molecular weight excluding hydrogens is 984 g/mol. The first kappa shape index (κ1) is 63.9. The SMILES string of the molecule is CO[C@@H]1C[C@H](C[C@@H](C)[C@@H]2CC(=O)[C@H](C)/C=C(\C)[C@@H](O)[C@@H](OC)C(=O)[C@H](C)C[C@H](C)\C=C/C=C/C=C(\C)[C@H](OCCOCCOCC(F)(F)F)C[C@@H]3CC[C@@H](C)[C@@](O)(O3)C(=O)C(=O)N3CCCC[C@H]3C(=O)O2)CC[C@H]1O. The van der Waals surface area contributed by atoms with Crippen LogP contribution < -0.4 is 0 Å². The number of rotatable bonds is 13. The molecule has 0 aromatic rings. The number of aliphatic hydroxyl groups is 3. The molecule has 426 valence electrons. The molecule has 19 heteroatoms. The highest BCUT2D eigenvalue weighted by Crippen LogP contribution is 2.38. The van der Waals surface area contributed by atoms with E-state index in [4.69, 9.17) is 28.4 Å². The van der Waals surface area contributed by atoms with Gasteiger partial charge in [0.25, 0.3) is 11.7 Å². The second-order valence-corrected chi connectivity index (χ2v) is 21.5. The molecule has 3 aliphatic heterocycles. The van der Waals surface area contributed by atoms with Gasteiger partial charge in [-0.1, -0.05) is 71.1 Å². The Kier molecular flexibility index (Phi) is 26.0. The first-order chi connectivity index (χ1) is 35.4. The molecule has 0 radical (unpaired) electrons. The van der Waals surface area contributed by atoms with Crippen molar-refractivity contribution in [1.82, 2.24) is 4.90 Å². The van der Waals surface area contributed by atoms with Gasteiger partial charge in [-0.3, -0.25) is 19.2 Å². The highest BCUT2D eigenvalue weighted by molar-refractivity contribution is 6.39. The summed E-state index contributed by atoms with van der Waals surface area (Å²) in [6.45, 7) is 10.6. The summed E-state index contributed by atoms with van der Waals surface area (Å²) in [6.07, 6.45) is 4.79. The number of cyclic esters (lactones) is 1. The van der Waals surface area contributed by atoms with E-state index < -0.39 is 96.6 Å². The Hall–Kier alpha value is -3.66. The number of ether oxygens (including phenoxy) is 7. The summed E-state index contributed by atoms with van der Waals surface area (Å²) in [5.74, 6) is -8.80. The molecule has 2 saturated heterocycles. The lowest BCUT2D eigenvalue weighted by Crippen LogP contribution is -2.61. The van der Waals surface area contributed by atoms with Crippen molar-refractivity contribution >= 4 is 29.2 Å². The van der Waals surface area contributed by atoms with E-state index in [1.165, 1.54) is 7.11 Å². The van der Waals surface area contributed by atoms with Gasteiger partial charge in [-0.05, 0) is 107 Å². The number of amides is 1. The van der Waals surface area contributed by atoms with E-state index in [1.807, 2.05) is 39.0 Å². The van der Waals surface area contributed by atoms with Gasteiger partial charge in [-0.2, -0.15) is 13.2 Å². The Morgan fingerprint density at radius 3 is 2.24 bits per heavy atom. The minimum atomic E-state index is -4.46. The second-order valence-electron chi connectivity index (χ2n) is 21.5. The third-order valence-electron chi connectivity index (χ3n) is 15.4. The van der Waals surface area contributed by atoms with E-state index in [9.17, 15) is 52.5 Å². The van der Waals surface area contributed by atoms with Crippen LogP contribution in [-0.2, 0) is 57.1 Å². The number of hydrogen-bond donors (Lipinski definition) is 3. The number of esters is 1. The van der Waals surface area contributed by atoms with Crippen LogP contribution in [0.3, 0.4) is 0 Å². The number of allylic oxidation sites excluding steroid dienone is 6. The molecule has 1 amide bonds. The lowest BCUT2D eigenvalue weighted by atomic mass is 9.78. The molecule has 15 atom stereocenters. The summed E-state index contributed by atoms with van der Waals surface area (Å²) in [6, 6.07) is -1.22.